The fourth-order valence-corrected chi connectivity index (χ4v) is 2.62. The minimum atomic E-state index is -0.189. The van der Waals surface area contributed by atoms with E-state index in [9.17, 15) is 4.79 Å². The number of hydrogen-bond acceptors (Lipinski definition) is 5. The molecule has 1 aliphatic heterocycles. The van der Waals surface area contributed by atoms with Crippen LogP contribution in [0.2, 0.25) is 0 Å². The molecule has 0 unspecified atom stereocenters. The highest BCUT2D eigenvalue weighted by Crippen LogP contribution is 2.35. The molecule has 0 bridgehead atoms. The Hall–Kier alpha value is -2.83. The topological polar surface area (TPSA) is 76.6 Å². The molecule has 3 rings (SSSR count). The van der Waals surface area contributed by atoms with E-state index in [1.54, 1.807) is 43.5 Å². The minimum absolute atomic E-state index is 0.189. The van der Waals surface area contributed by atoms with E-state index in [2.05, 4.69) is 15.3 Å². The number of anilines is 1. The summed E-state index contributed by atoms with van der Waals surface area (Å²) in [5.41, 5.74) is 2.56. The Morgan fingerprint density at radius 2 is 2.17 bits per heavy atom. The smallest absolute Gasteiger partial charge is 0.322 e. The number of rotatable bonds is 3. The molecular formula is C16H18N4O3. The summed E-state index contributed by atoms with van der Waals surface area (Å²) in [6, 6.07) is 5.17. The molecule has 0 aliphatic carbocycles. The molecule has 0 spiro atoms. The van der Waals surface area contributed by atoms with Crippen LogP contribution in [0.25, 0.3) is 0 Å². The molecular weight excluding hydrogens is 296 g/mol. The van der Waals surface area contributed by atoms with Gasteiger partial charge in [0.05, 0.1) is 32.1 Å². The van der Waals surface area contributed by atoms with Gasteiger partial charge < -0.3 is 19.7 Å². The van der Waals surface area contributed by atoms with E-state index in [0.717, 1.165) is 17.7 Å². The van der Waals surface area contributed by atoms with E-state index in [-0.39, 0.29) is 6.03 Å². The molecule has 1 aromatic heterocycles. The van der Waals surface area contributed by atoms with Crippen molar-refractivity contribution in [1.29, 1.82) is 0 Å². The van der Waals surface area contributed by atoms with Crippen molar-refractivity contribution in [3.05, 3.63) is 42.0 Å². The summed E-state index contributed by atoms with van der Waals surface area (Å²) >= 11 is 0. The van der Waals surface area contributed by atoms with E-state index in [4.69, 9.17) is 9.47 Å². The van der Waals surface area contributed by atoms with Crippen LogP contribution in [0.15, 0.2) is 30.7 Å². The molecule has 2 heterocycles. The van der Waals surface area contributed by atoms with E-state index in [0.29, 0.717) is 30.3 Å². The molecule has 7 heteroatoms. The summed E-state index contributed by atoms with van der Waals surface area (Å²) in [6.45, 7) is 1.11. The van der Waals surface area contributed by atoms with E-state index >= 15 is 0 Å². The van der Waals surface area contributed by atoms with Gasteiger partial charge in [-0.15, -0.1) is 0 Å². The third-order valence-corrected chi connectivity index (χ3v) is 3.79. The first-order valence-corrected chi connectivity index (χ1v) is 7.27. The average molecular weight is 314 g/mol. The second kappa shape index (κ2) is 6.51. The SMILES string of the molecule is COc1cccc(NC(=O)N2CCc3ncncc3C2)c1OC. The molecule has 2 amide bonds. The quantitative estimate of drug-likeness (QED) is 0.938. The maximum atomic E-state index is 12.5. The lowest BCUT2D eigenvalue weighted by molar-refractivity contribution is 0.205. The Bertz CT molecular complexity index is 720. The predicted octanol–water partition coefficient (Wildman–Crippen LogP) is 2.08. The molecule has 1 aliphatic rings. The van der Waals surface area contributed by atoms with Crippen molar-refractivity contribution in [3.8, 4) is 11.5 Å². The molecule has 0 saturated heterocycles. The van der Waals surface area contributed by atoms with Crippen molar-refractivity contribution in [1.82, 2.24) is 14.9 Å². The van der Waals surface area contributed by atoms with E-state index < -0.39 is 0 Å². The van der Waals surface area contributed by atoms with Gasteiger partial charge >= 0.3 is 6.03 Å². The third kappa shape index (κ3) is 3.03. The van der Waals surface area contributed by atoms with E-state index in [1.807, 2.05) is 0 Å². The molecule has 0 atom stereocenters. The second-order valence-corrected chi connectivity index (χ2v) is 5.14. The number of carbonyl (C=O) groups is 1. The van der Waals surface area contributed by atoms with Crippen molar-refractivity contribution in [3.63, 3.8) is 0 Å². The van der Waals surface area contributed by atoms with Crippen LogP contribution in [-0.2, 0) is 13.0 Å². The molecule has 7 nitrogen and oxygen atoms in total. The summed E-state index contributed by atoms with van der Waals surface area (Å²) < 4.78 is 10.6. The summed E-state index contributed by atoms with van der Waals surface area (Å²) in [4.78, 5) is 22.5. The highest BCUT2D eigenvalue weighted by atomic mass is 16.5. The molecule has 0 fully saturated rings. The Morgan fingerprint density at radius 1 is 1.30 bits per heavy atom. The molecule has 1 aromatic carbocycles. The number of para-hydroxylation sites is 1. The Morgan fingerprint density at radius 3 is 2.96 bits per heavy atom. The Balaban J connectivity index is 1.76. The lowest BCUT2D eigenvalue weighted by Crippen LogP contribution is -2.39. The van der Waals surface area contributed by atoms with Crippen LogP contribution < -0.4 is 14.8 Å². The lowest BCUT2D eigenvalue weighted by Gasteiger charge is -2.28. The van der Waals surface area contributed by atoms with Crippen LogP contribution in [-0.4, -0.2) is 41.7 Å². The van der Waals surface area contributed by atoms with Gasteiger partial charge in [-0.2, -0.15) is 0 Å². The average Bonchev–Trinajstić information content (AvgIpc) is 2.60. The normalized spacial score (nSPS) is 13.2. The third-order valence-electron chi connectivity index (χ3n) is 3.79. The minimum Gasteiger partial charge on any atom is -0.493 e. The van der Waals surface area contributed by atoms with Crippen LogP contribution >= 0.6 is 0 Å². The van der Waals surface area contributed by atoms with Gasteiger partial charge in [0, 0.05) is 24.7 Å². The zero-order valence-electron chi connectivity index (χ0n) is 13.1. The van der Waals surface area contributed by atoms with Gasteiger partial charge in [0.2, 0.25) is 0 Å². The number of fused-ring (bicyclic) bond motifs is 1. The van der Waals surface area contributed by atoms with Crippen molar-refractivity contribution in [2.75, 3.05) is 26.1 Å². The van der Waals surface area contributed by atoms with Crippen molar-refractivity contribution >= 4 is 11.7 Å². The number of nitrogens with zero attached hydrogens (tertiary/aromatic N) is 3. The van der Waals surface area contributed by atoms with Crippen LogP contribution in [0.5, 0.6) is 11.5 Å². The van der Waals surface area contributed by atoms with Gasteiger partial charge in [0.15, 0.2) is 11.5 Å². The predicted molar refractivity (Wildman–Crippen MR) is 84.7 cm³/mol. The van der Waals surface area contributed by atoms with Gasteiger partial charge in [-0.05, 0) is 12.1 Å². The zero-order valence-corrected chi connectivity index (χ0v) is 13.1. The Labute approximate surface area is 134 Å². The highest BCUT2D eigenvalue weighted by molar-refractivity contribution is 5.91. The number of nitrogens with one attached hydrogen (secondary N) is 1. The van der Waals surface area contributed by atoms with Crippen LogP contribution in [0.1, 0.15) is 11.3 Å². The van der Waals surface area contributed by atoms with Gasteiger partial charge in [-0.1, -0.05) is 6.07 Å². The van der Waals surface area contributed by atoms with Crippen LogP contribution in [0.4, 0.5) is 10.5 Å². The molecule has 23 heavy (non-hydrogen) atoms. The first-order chi connectivity index (χ1) is 11.2. The number of urea groups is 1. The number of carbonyl (C=O) groups excluding carboxylic acids is 1. The number of aromatic nitrogens is 2. The first kappa shape index (κ1) is 15.1. The van der Waals surface area contributed by atoms with Crippen LogP contribution in [0.3, 0.4) is 0 Å². The van der Waals surface area contributed by atoms with Crippen LogP contribution in [0, 0.1) is 0 Å². The summed E-state index contributed by atoms with van der Waals surface area (Å²) in [6.07, 6.45) is 4.02. The molecule has 120 valence electrons. The fourth-order valence-electron chi connectivity index (χ4n) is 2.62. The summed E-state index contributed by atoms with van der Waals surface area (Å²) in [5.74, 6) is 1.08. The first-order valence-electron chi connectivity index (χ1n) is 7.27. The second-order valence-electron chi connectivity index (χ2n) is 5.14. The number of ether oxygens (including phenoxy) is 2. The molecule has 1 N–H and O–H groups in total. The van der Waals surface area contributed by atoms with Gasteiger partial charge in [-0.3, -0.25) is 0 Å². The van der Waals surface area contributed by atoms with Gasteiger partial charge in [0.25, 0.3) is 0 Å². The van der Waals surface area contributed by atoms with Gasteiger partial charge in [-0.25, -0.2) is 14.8 Å². The number of benzene rings is 1. The van der Waals surface area contributed by atoms with E-state index in [1.165, 1.54) is 6.33 Å². The maximum Gasteiger partial charge on any atom is 0.322 e. The highest BCUT2D eigenvalue weighted by Gasteiger charge is 2.22. The number of amides is 2. The number of methoxy groups -OCH3 is 2. The lowest BCUT2D eigenvalue weighted by atomic mass is 10.1. The summed E-state index contributed by atoms with van der Waals surface area (Å²) in [5, 5.41) is 2.88. The van der Waals surface area contributed by atoms with Crippen molar-refractivity contribution in [2.24, 2.45) is 0 Å². The van der Waals surface area contributed by atoms with Gasteiger partial charge in [0.1, 0.15) is 6.33 Å². The molecule has 0 radical (unpaired) electrons. The monoisotopic (exact) mass is 314 g/mol. The largest absolute Gasteiger partial charge is 0.493 e. The standard InChI is InChI=1S/C16H18N4O3/c1-22-14-5-3-4-13(15(14)23-2)19-16(21)20-7-6-12-11(9-20)8-17-10-18-12/h3-5,8,10H,6-7,9H2,1-2H3,(H,19,21). The van der Waals surface area contributed by atoms with Crippen molar-refractivity contribution < 1.29 is 14.3 Å². The molecule has 0 saturated carbocycles. The molecule has 2 aromatic rings. The summed E-state index contributed by atoms with van der Waals surface area (Å²) in [7, 11) is 3.10. The number of hydrogen-bond donors (Lipinski definition) is 1. The fraction of sp³-hybridized carbons (Fsp3) is 0.312. The van der Waals surface area contributed by atoms with Crippen molar-refractivity contribution in [2.45, 2.75) is 13.0 Å². The maximum absolute atomic E-state index is 12.5. The zero-order chi connectivity index (χ0) is 16.2. The Kier molecular flexibility index (Phi) is 4.27.